The van der Waals surface area contributed by atoms with E-state index in [4.69, 9.17) is 4.98 Å². The normalized spacial score (nSPS) is 13.7. The number of hydrogen-bond acceptors (Lipinski definition) is 5. The van der Waals surface area contributed by atoms with Gasteiger partial charge in [-0.05, 0) is 49.6 Å². The van der Waals surface area contributed by atoms with Crippen LogP contribution < -0.4 is 10.2 Å². The van der Waals surface area contributed by atoms with Crippen LogP contribution in [0.1, 0.15) is 25.3 Å². The van der Waals surface area contributed by atoms with E-state index in [0.29, 0.717) is 5.82 Å². The summed E-state index contributed by atoms with van der Waals surface area (Å²) < 4.78 is 0. The number of anilines is 2. The highest BCUT2D eigenvalue weighted by Crippen LogP contribution is 2.38. The molecule has 0 aliphatic carbocycles. The van der Waals surface area contributed by atoms with Gasteiger partial charge in [-0.25, -0.2) is 4.98 Å². The molecule has 4 aromatic heterocycles. The molecular formula is C24H24N6O. The van der Waals surface area contributed by atoms with Crippen molar-refractivity contribution in [3.05, 3.63) is 54.5 Å². The predicted octanol–water partition coefficient (Wildman–Crippen LogP) is 4.55. The third-order valence-corrected chi connectivity index (χ3v) is 5.61. The molecule has 1 amide bonds. The molecular weight excluding hydrogens is 388 g/mol. The average molecular weight is 412 g/mol. The average Bonchev–Trinajstić information content (AvgIpc) is 3.42. The van der Waals surface area contributed by atoms with Gasteiger partial charge in [0.1, 0.15) is 5.82 Å². The molecule has 7 heteroatoms. The van der Waals surface area contributed by atoms with Gasteiger partial charge in [0.05, 0.1) is 39.9 Å². The fraction of sp³-hybridized carbons (Fsp3) is 0.250. The van der Waals surface area contributed by atoms with Crippen LogP contribution >= 0.6 is 0 Å². The number of fused-ring (bicyclic) bond motifs is 1. The van der Waals surface area contributed by atoms with Gasteiger partial charge in [0.2, 0.25) is 5.91 Å². The molecule has 156 valence electrons. The topological polar surface area (TPSA) is 86.8 Å². The molecule has 1 aliphatic heterocycles. The highest BCUT2D eigenvalue weighted by atomic mass is 16.1. The molecule has 0 atom stereocenters. The Morgan fingerprint density at radius 2 is 1.90 bits per heavy atom. The monoisotopic (exact) mass is 412 g/mol. The highest BCUT2D eigenvalue weighted by molar-refractivity contribution is 6.01. The smallest absolute Gasteiger partial charge is 0.222 e. The van der Waals surface area contributed by atoms with Crippen molar-refractivity contribution in [2.75, 3.05) is 23.3 Å². The Bertz CT molecular complexity index is 1260. The van der Waals surface area contributed by atoms with E-state index in [9.17, 15) is 4.79 Å². The van der Waals surface area contributed by atoms with Crippen molar-refractivity contribution in [1.29, 1.82) is 0 Å². The first-order chi connectivity index (χ1) is 15.1. The minimum Gasteiger partial charge on any atom is -0.370 e. The summed E-state index contributed by atoms with van der Waals surface area (Å²) in [5.41, 5.74) is 7.71. The summed E-state index contributed by atoms with van der Waals surface area (Å²) >= 11 is 0. The first kappa shape index (κ1) is 19.2. The van der Waals surface area contributed by atoms with Crippen LogP contribution in [-0.2, 0) is 4.79 Å². The lowest BCUT2D eigenvalue weighted by molar-refractivity contribution is -0.114. The number of aryl methyl sites for hydroxylation is 1. The fourth-order valence-corrected chi connectivity index (χ4v) is 4.13. The molecule has 0 aromatic carbocycles. The number of carbonyl (C=O) groups excluding carboxylic acids is 1. The Kier molecular flexibility index (Phi) is 4.86. The Morgan fingerprint density at radius 3 is 2.65 bits per heavy atom. The van der Waals surface area contributed by atoms with Gasteiger partial charge in [0, 0.05) is 38.0 Å². The molecule has 7 nitrogen and oxygen atoms in total. The Hall–Kier alpha value is -3.74. The molecule has 1 fully saturated rings. The van der Waals surface area contributed by atoms with Gasteiger partial charge < -0.3 is 15.2 Å². The molecule has 0 bridgehead atoms. The summed E-state index contributed by atoms with van der Waals surface area (Å²) in [5, 5.41) is 2.76. The number of aromatic nitrogens is 4. The van der Waals surface area contributed by atoms with Crippen molar-refractivity contribution in [2.45, 2.75) is 26.7 Å². The Morgan fingerprint density at radius 1 is 1.06 bits per heavy atom. The number of pyridine rings is 3. The van der Waals surface area contributed by atoms with E-state index in [1.807, 2.05) is 37.5 Å². The third kappa shape index (κ3) is 3.74. The zero-order valence-electron chi connectivity index (χ0n) is 17.6. The molecule has 0 unspecified atom stereocenters. The molecule has 2 N–H and O–H groups in total. The standard InChI is InChI=1S/C24H24N6O/c1-15-5-6-19(26-13-15)22-23(17-7-8-25-21(11-17)28-16(2)31)29-20-12-18(14-27-24(20)22)30-9-3-4-10-30/h5-8,11-14,29H,3-4,9-10H2,1-2H3,(H,25,28,31). The minimum atomic E-state index is -0.154. The molecule has 5 heterocycles. The van der Waals surface area contributed by atoms with Gasteiger partial charge in [-0.15, -0.1) is 0 Å². The van der Waals surface area contributed by atoms with E-state index >= 15 is 0 Å². The predicted molar refractivity (Wildman–Crippen MR) is 123 cm³/mol. The van der Waals surface area contributed by atoms with E-state index < -0.39 is 0 Å². The summed E-state index contributed by atoms with van der Waals surface area (Å²) in [6.45, 7) is 5.63. The lowest BCUT2D eigenvalue weighted by atomic mass is 10.0. The molecule has 4 aromatic rings. The van der Waals surface area contributed by atoms with Crippen LogP contribution in [0.4, 0.5) is 11.5 Å². The van der Waals surface area contributed by atoms with Crippen LogP contribution in [0.25, 0.3) is 33.5 Å². The van der Waals surface area contributed by atoms with Crippen LogP contribution in [0, 0.1) is 6.92 Å². The maximum absolute atomic E-state index is 11.5. The number of hydrogen-bond donors (Lipinski definition) is 2. The second kappa shape index (κ2) is 7.83. The number of aromatic amines is 1. The maximum Gasteiger partial charge on any atom is 0.222 e. The SMILES string of the molecule is CC(=O)Nc1cc(-c2[nH]c3cc(N4CCCC4)cnc3c2-c2ccc(C)cn2)ccn1. The van der Waals surface area contributed by atoms with Gasteiger partial charge in [-0.2, -0.15) is 0 Å². The van der Waals surface area contributed by atoms with Gasteiger partial charge in [0.25, 0.3) is 0 Å². The largest absolute Gasteiger partial charge is 0.370 e. The first-order valence-corrected chi connectivity index (χ1v) is 10.5. The van der Waals surface area contributed by atoms with Gasteiger partial charge in [-0.1, -0.05) is 6.07 Å². The zero-order chi connectivity index (χ0) is 21.4. The number of rotatable bonds is 4. The number of nitrogens with one attached hydrogen (secondary N) is 2. The zero-order valence-corrected chi connectivity index (χ0v) is 17.6. The Balaban J connectivity index is 1.69. The van der Waals surface area contributed by atoms with Crippen LogP contribution in [0.5, 0.6) is 0 Å². The van der Waals surface area contributed by atoms with Gasteiger partial charge >= 0.3 is 0 Å². The number of amides is 1. The molecule has 0 radical (unpaired) electrons. The summed E-state index contributed by atoms with van der Waals surface area (Å²) in [4.78, 5) is 31.2. The maximum atomic E-state index is 11.5. The summed E-state index contributed by atoms with van der Waals surface area (Å²) in [5.74, 6) is 0.357. The van der Waals surface area contributed by atoms with E-state index in [1.165, 1.54) is 19.8 Å². The van der Waals surface area contributed by atoms with Crippen molar-refractivity contribution in [2.24, 2.45) is 0 Å². The molecule has 5 rings (SSSR count). The number of H-pyrrole nitrogens is 1. The van der Waals surface area contributed by atoms with E-state index in [-0.39, 0.29) is 5.91 Å². The molecule has 31 heavy (non-hydrogen) atoms. The van der Waals surface area contributed by atoms with Crippen LogP contribution in [0.2, 0.25) is 0 Å². The second-order valence-corrected chi connectivity index (χ2v) is 7.99. The van der Waals surface area contributed by atoms with Crippen molar-refractivity contribution in [1.82, 2.24) is 19.9 Å². The van der Waals surface area contributed by atoms with Crippen LogP contribution in [0.15, 0.2) is 48.9 Å². The summed E-state index contributed by atoms with van der Waals surface area (Å²) in [6, 6.07) is 10.0. The highest BCUT2D eigenvalue weighted by Gasteiger charge is 2.20. The van der Waals surface area contributed by atoms with E-state index in [0.717, 1.165) is 57.9 Å². The fourth-order valence-electron chi connectivity index (χ4n) is 4.13. The lowest BCUT2D eigenvalue weighted by Gasteiger charge is -2.16. The lowest BCUT2D eigenvalue weighted by Crippen LogP contribution is -2.17. The number of carbonyl (C=O) groups is 1. The minimum absolute atomic E-state index is 0.154. The van der Waals surface area contributed by atoms with E-state index in [1.54, 1.807) is 6.20 Å². The van der Waals surface area contributed by atoms with Gasteiger partial charge in [-0.3, -0.25) is 14.8 Å². The molecule has 0 spiro atoms. The molecule has 0 saturated carbocycles. The second-order valence-electron chi connectivity index (χ2n) is 7.99. The van der Waals surface area contributed by atoms with E-state index in [2.05, 4.69) is 37.3 Å². The van der Waals surface area contributed by atoms with Crippen molar-refractivity contribution in [3.63, 3.8) is 0 Å². The van der Waals surface area contributed by atoms with Crippen molar-refractivity contribution >= 4 is 28.4 Å². The number of nitrogens with zero attached hydrogens (tertiary/aromatic N) is 4. The van der Waals surface area contributed by atoms with Gasteiger partial charge in [0.15, 0.2) is 0 Å². The quantitative estimate of drug-likeness (QED) is 0.513. The summed E-state index contributed by atoms with van der Waals surface area (Å²) in [6.07, 6.45) is 7.95. The van der Waals surface area contributed by atoms with Crippen molar-refractivity contribution in [3.8, 4) is 22.5 Å². The molecule has 1 saturated heterocycles. The Labute approximate surface area is 180 Å². The van der Waals surface area contributed by atoms with Crippen LogP contribution in [-0.4, -0.2) is 38.9 Å². The first-order valence-electron chi connectivity index (χ1n) is 10.5. The van der Waals surface area contributed by atoms with Crippen LogP contribution in [0.3, 0.4) is 0 Å². The third-order valence-electron chi connectivity index (χ3n) is 5.61. The summed E-state index contributed by atoms with van der Waals surface area (Å²) in [7, 11) is 0. The molecule has 1 aliphatic rings. The van der Waals surface area contributed by atoms with Crippen molar-refractivity contribution < 1.29 is 4.79 Å².